The van der Waals surface area contributed by atoms with E-state index < -0.39 is 0 Å². The van der Waals surface area contributed by atoms with Crippen molar-refractivity contribution < 1.29 is 4.79 Å². The summed E-state index contributed by atoms with van der Waals surface area (Å²) in [7, 11) is 2.04. The van der Waals surface area contributed by atoms with Crippen LogP contribution in [0.4, 0.5) is 0 Å². The SMILES string of the molecule is CC(=O)c1cc(CN2CCCCC2CCn2ccnc2C)n(C)c1. The Hall–Kier alpha value is -1.88. The number of aryl methyl sites for hydroxylation is 3. The molecule has 1 aliphatic heterocycles. The zero-order valence-corrected chi connectivity index (χ0v) is 15.0. The first-order valence-corrected chi connectivity index (χ1v) is 8.92. The Kier molecular flexibility index (Phi) is 5.19. The normalized spacial score (nSPS) is 18.9. The number of piperidine rings is 1. The largest absolute Gasteiger partial charge is 0.353 e. The predicted molar refractivity (Wildman–Crippen MR) is 95.0 cm³/mol. The van der Waals surface area contributed by atoms with Gasteiger partial charge in [-0.25, -0.2) is 4.98 Å². The molecule has 2 aromatic heterocycles. The van der Waals surface area contributed by atoms with Crippen LogP contribution in [0.1, 0.15) is 54.5 Å². The highest BCUT2D eigenvalue weighted by Crippen LogP contribution is 2.23. The van der Waals surface area contributed by atoms with Crippen LogP contribution in [0.2, 0.25) is 0 Å². The monoisotopic (exact) mass is 328 g/mol. The van der Waals surface area contributed by atoms with Crippen LogP contribution in [-0.4, -0.2) is 37.4 Å². The third-order valence-corrected chi connectivity index (χ3v) is 5.26. The zero-order valence-electron chi connectivity index (χ0n) is 15.0. The number of imidazole rings is 1. The molecule has 0 bridgehead atoms. The van der Waals surface area contributed by atoms with E-state index >= 15 is 0 Å². The average molecular weight is 328 g/mol. The number of carbonyl (C=O) groups excluding carboxylic acids is 1. The van der Waals surface area contributed by atoms with Crippen LogP contribution in [0, 0.1) is 6.92 Å². The molecule has 2 aromatic rings. The third-order valence-electron chi connectivity index (χ3n) is 5.26. The van der Waals surface area contributed by atoms with Crippen molar-refractivity contribution in [3.63, 3.8) is 0 Å². The molecule has 0 aromatic carbocycles. The number of hydrogen-bond acceptors (Lipinski definition) is 3. The van der Waals surface area contributed by atoms with Crippen molar-refractivity contribution in [3.8, 4) is 0 Å². The molecule has 1 unspecified atom stereocenters. The summed E-state index contributed by atoms with van der Waals surface area (Å²) in [5.41, 5.74) is 2.04. The molecule has 1 aliphatic rings. The summed E-state index contributed by atoms with van der Waals surface area (Å²) in [6.45, 7) is 6.80. The lowest BCUT2D eigenvalue weighted by atomic mass is 9.99. The Morgan fingerprint density at radius 2 is 2.21 bits per heavy atom. The fourth-order valence-electron chi connectivity index (χ4n) is 3.69. The Labute approximate surface area is 144 Å². The van der Waals surface area contributed by atoms with Crippen LogP contribution in [0.3, 0.4) is 0 Å². The molecule has 24 heavy (non-hydrogen) atoms. The molecule has 0 N–H and O–H groups in total. The summed E-state index contributed by atoms with van der Waals surface area (Å²) in [6.07, 6.45) is 10.9. The maximum absolute atomic E-state index is 11.6. The van der Waals surface area contributed by atoms with E-state index in [9.17, 15) is 4.79 Å². The Balaban J connectivity index is 1.66. The molecule has 0 saturated carbocycles. The highest BCUT2D eigenvalue weighted by Gasteiger charge is 2.23. The standard InChI is InChI=1S/C19H28N4O/c1-15(24)17-12-19(21(3)13-17)14-23-9-5-4-6-18(23)7-10-22-11-8-20-16(22)2/h8,11-13,18H,4-7,9-10,14H2,1-3H3. The van der Waals surface area contributed by atoms with Crippen molar-refractivity contribution in [1.29, 1.82) is 0 Å². The van der Waals surface area contributed by atoms with Crippen molar-refractivity contribution in [2.45, 2.75) is 58.7 Å². The molecule has 0 radical (unpaired) electrons. The van der Waals surface area contributed by atoms with Crippen LogP contribution in [0.5, 0.6) is 0 Å². The van der Waals surface area contributed by atoms with Crippen LogP contribution in [0.15, 0.2) is 24.7 Å². The van der Waals surface area contributed by atoms with Gasteiger partial charge in [0.05, 0.1) is 0 Å². The number of nitrogens with zero attached hydrogens (tertiary/aromatic N) is 4. The van der Waals surface area contributed by atoms with E-state index in [1.165, 1.54) is 25.0 Å². The summed E-state index contributed by atoms with van der Waals surface area (Å²) >= 11 is 0. The van der Waals surface area contributed by atoms with E-state index in [1.54, 1.807) is 6.92 Å². The minimum absolute atomic E-state index is 0.141. The van der Waals surface area contributed by atoms with Crippen molar-refractivity contribution >= 4 is 5.78 Å². The second-order valence-corrected chi connectivity index (χ2v) is 6.96. The quantitative estimate of drug-likeness (QED) is 0.765. The van der Waals surface area contributed by atoms with Gasteiger partial charge in [-0.15, -0.1) is 0 Å². The first-order chi connectivity index (χ1) is 11.5. The third kappa shape index (κ3) is 3.78. The van der Waals surface area contributed by atoms with Crippen LogP contribution in [0.25, 0.3) is 0 Å². The van der Waals surface area contributed by atoms with Crippen molar-refractivity contribution in [1.82, 2.24) is 19.0 Å². The molecular formula is C19H28N4O. The molecular weight excluding hydrogens is 300 g/mol. The number of Topliss-reactive ketones (excluding diaryl/α,β-unsaturated/α-hetero) is 1. The van der Waals surface area contributed by atoms with Gasteiger partial charge in [0.1, 0.15) is 5.82 Å². The van der Waals surface area contributed by atoms with Gasteiger partial charge in [0, 0.05) is 56.0 Å². The topological polar surface area (TPSA) is 43.1 Å². The summed E-state index contributed by atoms with van der Waals surface area (Å²) in [4.78, 5) is 18.5. The molecule has 5 nitrogen and oxygen atoms in total. The Morgan fingerprint density at radius 1 is 1.38 bits per heavy atom. The number of aromatic nitrogens is 3. The van der Waals surface area contributed by atoms with Crippen LogP contribution >= 0.6 is 0 Å². The van der Waals surface area contributed by atoms with Gasteiger partial charge < -0.3 is 9.13 Å². The second kappa shape index (κ2) is 7.34. The predicted octanol–water partition coefficient (Wildman–Crippen LogP) is 3.18. The molecule has 0 aliphatic carbocycles. The second-order valence-electron chi connectivity index (χ2n) is 6.96. The molecule has 130 valence electrons. The van der Waals surface area contributed by atoms with Gasteiger partial charge in [-0.3, -0.25) is 9.69 Å². The maximum Gasteiger partial charge on any atom is 0.161 e. The van der Waals surface area contributed by atoms with E-state index in [4.69, 9.17) is 0 Å². The van der Waals surface area contributed by atoms with Crippen LogP contribution in [-0.2, 0) is 20.1 Å². The van der Waals surface area contributed by atoms with Gasteiger partial charge in [0.2, 0.25) is 0 Å². The minimum Gasteiger partial charge on any atom is -0.353 e. The number of hydrogen-bond donors (Lipinski definition) is 0. The fourth-order valence-corrected chi connectivity index (χ4v) is 3.69. The molecule has 0 amide bonds. The van der Waals surface area contributed by atoms with Gasteiger partial charge >= 0.3 is 0 Å². The average Bonchev–Trinajstić information content (AvgIpc) is 3.13. The van der Waals surface area contributed by atoms with E-state index in [1.807, 2.05) is 25.5 Å². The number of carbonyl (C=O) groups is 1. The summed E-state index contributed by atoms with van der Waals surface area (Å²) in [5.74, 6) is 1.23. The number of ketones is 1. The number of rotatable bonds is 6. The minimum atomic E-state index is 0.141. The summed E-state index contributed by atoms with van der Waals surface area (Å²) in [6, 6.07) is 2.66. The van der Waals surface area contributed by atoms with E-state index in [2.05, 4.69) is 32.1 Å². The highest BCUT2D eigenvalue weighted by atomic mass is 16.1. The molecule has 3 heterocycles. The summed E-state index contributed by atoms with van der Waals surface area (Å²) in [5, 5.41) is 0. The maximum atomic E-state index is 11.6. The van der Waals surface area contributed by atoms with Gasteiger partial charge in [-0.05, 0) is 45.7 Å². The lowest BCUT2D eigenvalue weighted by Gasteiger charge is -2.36. The van der Waals surface area contributed by atoms with Gasteiger partial charge in [-0.1, -0.05) is 6.42 Å². The first kappa shape index (κ1) is 17.0. The number of likely N-dealkylation sites (tertiary alicyclic amines) is 1. The molecule has 1 fully saturated rings. The Bertz CT molecular complexity index is 700. The Morgan fingerprint density at radius 3 is 2.88 bits per heavy atom. The van der Waals surface area contributed by atoms with E-state index in [0.29, 0.717) is 6.04 Å². The fraction of sp³-hybridized carbons (Fsp3) is 0.579. The molecule has 1 atom stereocenters. The van der Waals surface area contributed by atoms with Gasteiger partial charge in [0.25, 0.3) is 0 Å². The molecule has 1 saturated heterocycles. The molecule has 5 heteroatoms. The van der Waals surface area contributed by atoms with Crippen molar-refractivity contribution in [3.05, 3.63) is 41.7 Å². The summed E-state index contributed by atoms with van der Waals surface area (Å²) < 4.78 is 4.34. The first-order valence-electron chi connectivity index (χ1n) is 8.92. The molecule has 3 rings (SSSR count). The zero-order chi connectivity index (χ0) is 17.1. The molecule has 0 spiro atoms. The van der Waals surface area contributed by atoms with Crippen molar-refractivity contribution in [2.75, 3.05) is 6.54 Å². The van der Waals surface area contributed by atoms with E-state index in [0.717, 1.165) is 37.4 Å². The van der Waals surface area contributed by atoms with Gasteiger partial charge in [-0.2, -0.15) is 0 Å². The highest BCUT2D eigenvalue weighted by molar-refractivity contribution is 5.94. The van der Waals surface area contributed by atoms with Crippen LogP contribution < -0.4 is 0 Å². The lowest BCUT2D eigenvalue weighted by molar-refractivity contribution is 0.101. The van der Waals surface area contributed by atoms with Gasteiger partial charge in [0.15, 0.2) is 5.78 Å². The smallest absolute Gasteiger partial charge is 0.161 e. The lowest BCUT2D eigenvalue weighted by Crippen LogP contribution is -2.39. The van der Waals surface area contributed by atoms with E-state index in [-0.39, 0.29) is 5.78 Å². The van der Waals surface area contributed by atoms with Crippen molar-refractivity contribution in [2.24, 2.45) is 7.05 Å².